The number of rotatable bonds is 4. The average Bonchev–Trinajstić information content (AvgIpc) is 3.01. The van der Waals surface area contributed by atoms with Crippen molar-refractivity contribution in [2.45, 2.75) is 65.7 Å². The van der Waals surface area contributed by atoms with Gasteiger partial charge in [-0.15, -0.1) is 17.0 Å². The van der Waals surface area contributed by atoms with E-state index in [-0.39, 0.29) is 45.9 Å². The summed E-state index contributed by atoms with van der Waals surface area (Å²) in [5.41, 5.74) is 4.83. The minimum Gasteiger partial charge on any atom is -0.507 e. The molecule has 0 aromatic heterocycles. The molecule has 1 saturated heterocycles. The van der Waals surface area contributed by atoms with Crippen LogP contribution in [0.25, 0.3) is 6.08 Å². The highest BCUT2D eigenvalue weighted by Gasteiger charge is 2.29. The molecule has 4 nitrogen and oxygen atoms in total. The third kappa shape index (κ3) is 6.14. The van der Waals surface area contributed by atoms with Crippen molar-refractivity contribution in [1.29, 1.82) is 5.41 Å². The second kappa shape index (κ2) is 9.84. The standard InChI is InChI=1S/C28H36N2O2.BrH/c1-18-8-10-19(11-9-18)14-20-12-13-30(26(20)29)17-24(31)21-15-22(27(2,3)4)25(32)23(16-21)28(5,6)7;/h8-11,14-16,29,32H,12-13,17H2,1-7H3;1H/b20-14-,29-26?;. The lowest BCUT2D eigenvalue weighted by molar-refractivity contribution is 0.0965. The zero-order chi connectivity index (χ0) is 23.8. The number of likely N-dealkylation sites (tertiary alicyclic amines) is 1. The van der Waals surface area contributed by atoms with Gasteiger partial charge < -0.3 is 10.0 Å². The SMILES string of the molecule is Br.Cc1ccc(/C=C2/CCN(CC(=O)c3cc(C(C)(C)C)c(O)c(C(C)(C)C)c3)C2=N)cc1. The molecule has 2 aromatic rings. The van der Waals surface area contributed by atoms with Crippen molar-refractivity contribution in [3.63, 3.8) is 0 Å². The number of halogens is 1. The van der Waals surface area contributed by atoms with Crippen molar-refractivity contribution in [3.8, 4) is 5.75 Å². The first-order chi connectivity index (χ1) is 14.8. The van der Waals surface area contributed by atoms with Gasteiger partial charge in [0.05, 0.1) is 6.54 Å². The van der Waals surface area contributed by atoms with Crippen LogP contribution in [0.5, 0.6) is 5.75 Å². The molecule has 5 heteroatoms. The quantitative estimate of drug-likeness (QED) is 0.441. The molecule has 0 radical (unpaired) electrons. The van der Waals surface area contributed by atoms with E-state index in [9.17, 15) is 9.90 Å². The van der Waals surface area contributed by atoms with Crippen molar-refractivity contribution in [3.05, 3.63) is 69.8 Å². The van der Waals surface area contributed by atoms with Gasteiger partial charge >= 0.3 is 0 Å². The minimum absolute atomic E-state index is 0. The Hall–Kier alpha value is -2.40. The Bertz CT molecular complexity index is 1040. The smallest absolute Gasteiger partial charge is 0.182 e. The summed E-state index contributed by atoms with van der Waals surface area (Å²) in [6, 6.07) is 11.9. The highest BCUT2D eigenvalue weighted by molar-refractivity contribution is 8.93. The molecule has 0 saturated carbocycles. The summed E-state index contributed by atoms with van der Waals surface area (Å²) in [4.78, 5) is 15.1. The number of ketones is 1. The topological polar surface area (TPSA) is 64.4 Å². The number of carbonyl (C=O) groups excluding carboxylic acids is 1. The van der Waals surface area contributed by atoms with Gasteiger partial charge in [0.2, 0.25) is 0 Å². The molecule has 2 N–H and O–H groups in total. The van der Waals surface area contributed by atoms with Crippen LogP contribution in [0, 0.1) is 12.3 Å². The molecule has 0 aliphatic carbocycles. The normalized spacial score (nSPS) is 15.7. The van der Waals surface area contributed by atoms with E-state index in [0.29, 0.717) is 17.9 Å². The fourth-order valence-corrected chi connectivity index (χ4v) is 4.05. The Morgan fingerprint density at radius 2 is 1.55 bits per heavy atom. The van der Waals surface area contributed by atoms with Gasteiger partial charge in [0.15, 0.2) is 5.78 Å². The third-order valence-corrected chi connectivity index (χ3v) is 6.07. The van der Waals surface area contributed by atoms with Gasteiger partial charge in [-0.05, 0) is 53.5 Å². The van der Waals surface area contributed by atoms with Crippen molar-refractivity contribution in [2.75, 3.05) is 13.1 Å². The van der Waals surface area contributed by atoms with E-state index < -0.39 is 0 Å². The fraction of sp³-hybridized carbons (Fsp3) is 0.429. The lowest BCUT2D eigenvalue weighted by Gasteiger charge is -2.28. The maximum atomic E-state index is 13.3. The zero-order valence-corrected chi connectivity index (χ0v) is 22.6. The molecule has 1 heterocycles. The van der Waals surface area contributed by atoms with Gasteiger partial charge in [-0.2, -0.15) is 0 Å². The fourth-order valence-electron chi connectivity index (χ4n) is 4.05. The summed E-state index contributed by atoms with van der Waals surface area (Å²) in [5, 5.41) is 19.5. The van der Waals surface area contributed by atoms with Crippen LogP contribution in [0.15, 0.2) is 42.0 Å². The van der Waals surface area contributed by atoms with E-state index >= 15 is 0 Å². The van der Waals surface area contributed by atoms with Crippen LogP contribution < -0.4 is 0 Å². The molecule has 0 spiro atoms. The van der Waals surface area contributed by atoms with E-state index in [2.05, 4.69) is 31.2 Å². The van der Waals surface area contributed by atoms with Gasteiger partial charge in [0.1, 0.15) is 11.6 Å². The van der Waals surface area contributed by atoms with Crippen molar-refractivity contribution < 1.29 is 9.90 Å². The van der Waals surface area contributed by atoms with Crippen LogP contribution in [0.2, 0.25) is 0 Å². The highest BCUT2D eigenvalue weighted by atomic mass is 79.9. The number of benzene rings is 2. The largest absolute Gasteiger partial charge is 0.507 e. The number of carbonyl (C=O) groups is 1. The first-order valence-corrected chi connectivity index (χ1v) is 11.3. The molecular weight excluding hydrogens is 476 g/mol. The summed E-state index contributed by atoms with van der Waals surface area (Å²) >= 11 is 0. The number of aryl methyl sites for hydroxylation is 1. The zero-order valence-electron chi connectivity index (χ0n) is 20.9. The van der Waals surface area contributed by atoms with Crippen LogP contribution in [0.4, 0.5) is 0 Å². The predicted molar refractivity (Wildman–Crippen MR) is 143 cm³/mol. The Morgan fingerprint density at radius 3 is 2.03 bits per heavy atom. The Balaban J connectivity index is 0.00000385. The molecule has 0 bridgehead atoms. The maximum absolute atomic E-state index is 13.3. The summed E-state index contributed by atoms with van der Waals surface area (Å²) in [7, 11) is 0. The number of phenolic OH excluding ortho intramolecular Hbond substituents is 1. The summed E-state index contributed by atoms with van der Waals surface area (Å²) < 4.78 is 0. The molecule has 2 aromatic carbocycles. The monoisotopic (exact) mass is 512 g/mol. The molecule has 1 fully saturated rings. The van der Waals surface area contributed by atoms with Crippen molar-refractivity contribution in [1.82, 2.24) is 4.90 Å². The minimum atomic E-state index is -0.287. The van der Waals surface area contributed by atoms with Crippen molar-refractivity contribution in [2.24, 2.45) is 0 Å². The first-order valence-electron chi connectivity index (χ1n) is 11.3. The summed E-state index contributed by atoms with van der Waals surface area (Å²) in [5.74, 6) is 0.672. The number of Topliss-reactive ketones (excluding diaryl/α,β-unsaturated/α-hetero) is 1. The number of phenols is 1. The molecular formula is C28H37BrN2O2. The number of nitrogens with zero attached hydrogens (tertiary/aromatic N) is 1. The lowest BCUT2D eigenvalue weighted by Crippen LogP contribution is -2.31. The van der Waals surface area contributed by atoms with Crippen LogP contribution in [0.3, 0.4) is 0 Å². The average molecular weight is 514 g/mol. The van der Waals surface area contributed by atoms with Gasteiger partial charge in [0.25, 0.3) is 0 Å². The number of hydrogen-bond acceptors (Lipinski definition) is 3. The van der Waals surface area contributed by atoms with Crippen LogP contribution in [-0.2, 0) is 10.8 Å². The third-order valence-electron chi connectivity index (χ3n) is 6.07. The van der Waals surface area contributed by atoms with Crippen LogP contribution in [-0.4, -0.2) is 34.7 Å². The number of amidine groups is 1. The maximum Gasteiger partial charge on any atom is 0.182 e. The van der Waals surface area contributed by atoms with E-state index in [1.54, 1.807) is 0 Å². The molecule has 1 aliphatic heterocycles. The van der Waals surface area contributed by atoms with Gasteiger partial charge in [-0.3, -0.25) is 10.2 Å². The Kier molecular flexibility index (Phi) is 8.01. The summed E-state index contributed by atoms with van der Waals surface area (Å²) in [6.45, 7) is 15.1. The predicted octanol–water partition coefficient (Wildman–Crippen LogP) is 6.82. The summed E-state index contributed by atoms with van der Waals surface area (Å²) in [6.07, 6.45) is 2.80. The Labute approximate surface area is 209 Å². The molecule has 0 unspecified atom stereocenters. The second-order valence-corrected chi connectivity index (χ2v) is 10.9. The molecule has 1 aliphatic rings. The van der Waals surface area contributed by atoms with Crippen molar-refractivity contribution >= 4 is 34.7 Å². The molecule has 33 heavy (non-hydrogen) atoms. The van der Waals surface area contributed by atoms with Gasteiger partial charge in [0, 0.05) is 23.2 Å². The number of hydrogen-bond donors (Lipinski definition) is 2. The van der Waals surface area contributed by atoms with E-state index in [1.165, 1.54) is 5.56 Å². The molecule has 0 amide bonds. The molecule has 3 rings (SSSR count). The van der Waals surface area contributed by atoms with E-state index in [4.69, 9.17) is 5.41 Å². The lowest BCUT2D eigenvalue weighted by atomic mass is 9.78. The highest BCUT2D eigenvalue weighted by Crippen LogP contribution is 2.40. The van der Waals surface area contributed by atoms with Gasteiger partial charge in [-0.1, -0.05) is 71.4 Å². The van der Waals surface area contributed by atoms with Crippen LogP contribution in [0.1, 0.15) is 80.6 Å². The number of aromatic hydroxyl groups is 1. The number of nitrogens with one attached hydrogen (secondary N) is 1. The molecule has 178 valence electrons. The van der Waals surface area contributed by atoms with E-state index in [0.717, 1.165) is 28.7 Å². The second-order valence-electron chi connectivity index (χ2n) is 10.9. The van der Waals surface area contributed by atoms with E-state index in [1.807, 2.05) is 64.7 Å². The van der Waals surface area contributed by atoms with Gasteiger partial charge in [-0.25, -0.2) is 0 Å². The Morgan fingerprint density at radius 1 is 1.03 bits per heavy atom. The first kappa shape index (κ1) is 26.8. The molecule has 0 atom stereocenters. The van der Waals surface area contributed by atoms with Crippen LogP contribution >= 0.6 is 17.0 Å².